The Hall–Kier alpha value is -0.0800. The summed E-state index contributed by atoms with van der Waals surface area (Å²) < 4.78 is 14.8. The molecule has 0 aromatic heterocycles. The van der Waals surface area contributed by atoms with Crippen LogP contribution in [0.3, 0.4) is 0 Å². The number of ether oxygens (including phenoxy) is 3. The van der Waals surface area contributed by atoms with Crippen LogP contribution in [0.25, 0.3) is 0 Å². The smallest absolute Gasteiger partial charge is 0.450 e. The van der Waals surface area contributed by atoms with Crippen LogP contribution in [-0.4, -0.2) is 48.2 Å². The van der Waals surface area contributed by atoms with Crippen LogP contribution < -0.4 is 0 Å². The first kappa shape index (κ1) is 13.9. The molecule has 2 unspecified atom stereocenters. The number of hydrogen-bond acceptors (Lipinski definition) is 4. The third-order valence-electron chi connectivity index (χ3n) is 1.50. The normalized spacial score (nSPS) is 14.8. The van der Waals surface area contributed by atoms with Gasteiger partial charge in [-0.1, -0.05) is 29.5 Å². The predicted molar refractivity (Wildman–Crippen MR) is 59.1 cm³/mol. The van der Waals surface area contributed by atoms with Gasteiger partial charge in [-0.05, 0) is 0 Å². The lowest BCUT2D eigenvalue weighted by molar-refractivity contribution is -0.0208. The molecular formula is C8H15IO5. The molecule has 0 spiro atoms. The van der Waals surface area contributed by atoms with Crippen LogP contribution in [-0.2, 0) is 14.2 Å². The van der Waals surface area contributed by atoms with Crippen molar-refractivity contribution in [3.05, 3.63) is 0 Å². The third-order valence-corrected chi connectivity index (χ3v) is 2.30. The van der Waals surface area contributed by atoms with Crippen molar-refractivity contribution in [2.75, 3.05) is 26.9 Å². The summed E-state index contributed by atoms with van der Waals surface area (Å²) in [5, 5.41) is 8.31. The Kier molecular flexibility index (Phi) is 8.20. The largest absolute Gasteiger partial charge is 0.505 e. The van der Waals surface area contributed by atoms with Crippen molar-refractivity contribution in [3.63, 3.8) is 0 Å². The van der Waals surface area contributed by atoms with E-state index >= 15 is 0 Å². The summed E-state index contributed by atoms with van der Waals surface area (Å²) in [4.78, 5) is 10.2. The van der Waals surface area contributed by atoms with E-state index in [1.54, 1.807) is 7.11 Å². The first-order valence-corrected chi connectivity index (χ1v) is 5.42. The van der Waals surface area contributed by atoms with Crippen molar-refractivity contribution < 1.29 is 24.1 Å². The summed E-state index contributed by atoms with van der Waals surface area (Å²) in [6.07, 6.45) is -1.50. The lowest BCUT2D eigenvalue weighted by atomic mass is 10.3. The van der Waals surface area contributed by atoms with E-state index in [0.717, 1.165) is 0 Å². The maximum Gasteiger partial charge on any atom is 0.505 e. The number of alkyl halides is 1. The minimum atomic E-state index is -1.28. The zero-order chi connectivity index (χ0) is 11.0. The van der Waals surface area contributed by atoms with Crippen LogP contribution in [0.5, 0.6) is 0 Å². The van der Waals surface area contributed by atoms with Crippen molar-refractivity contribution in [1.29, 1.82) is 0 Å². The molecule has 0 radical (unpaired) electrons. The summed E-state index contributed by atoms with van der Waals surface area (Å²) in [5.74, 6) is 0. The van der Waals surface area contributed by atoms with E-state index < -0.39 is 6.16 Å². The van der Waals surface area contributed by atoms with Gasteiger partial charge in [0, 0.05) is 11.0 Å². The lowest BCUT2D eigenvalue weighted by Crippen LogP contribution is -2.29. The molecule has 84 valence electrons. The molecule has 14 heavy (non-hydrogen) atoms. The molecule has 0 saturated carbocycles. The number of methoxy groups -OCH3 is 1. The second kappa shape index (κ2) is 8.25. The van der Waals surface area contributed by atoms with Crippen LogP contribution in [0.15, 0.2) is 0 Å². The molecule has 0 saturated heterocycles. The Bertz CT molecular complexity index is 162. The van der Waals surface area contributed by atoms with Crippen LogP contribution in [0.1, 0.15) is 6.92 Å². The Morgan fingerprint density at radius 3 is 2.57 bits per heavy atom. The van der Waals surface area contributed by atoms with Crippen LogP contribution in [0.4, 0.5) is 4.79 Å². The van der Waals surface area contributed by atoms with Gasteiger partial charge >= 0.3 is 6.16 Å². The molecule has 1 N–H and O–H groups in total. The maximum atomic E-state index is 10.2. The topological polar surface area (TPSA) is 65.0 Å². The van der Waals surface area contributed by atoms with E-state index in [1.807, 2.05) is 6.92 Å². The monoisotopic (exact) mass is 318 g/mol. The molecule has 0 heterocycles. The number of halogens is 1. The van der Waals surface area contributed by atoms with Gasteiger partial charge in [-0.3, -0.25) is 0 Å². The summed E-state index contributed by atoms with van der Waals surface area (Å²) >= 11 is 2.16. The molecular weight excluding hydrogens is 303 g/mol. The van der Waals surface area contributed by atoms with E-state index in [0.29, 0.717) is 13.2 Å². The minimum Gasteiger partial charge on any atom is -0.450 e. The minimum absolute atomic E-state index is 0.0587. The van der Waals surface area contributed by atoms with Gasteiger partial charge in [0.25, 0.3) is 0 Å². The molecule has 0 aliphatic rings. The van der Waals surface area contributed by atoms with Crippen molar-refractivity contribution in [2.45, 2.75) is 17.0 Å². The third kappa shape index (κ3) is 7.34. The fraction of sp³-hybridized carbons (Fsp3) is 0.875. The number of hydrogen-bond donors (Lipinski definition) is 1. The molecule has 6 heteroatoms. The molecule has 0 aromatic carbocycles. The Labute approximate surface area is 96.9 Å². The van der Waals surface area contributed by atoms with Gasteiger partial charge in [0.2, 0.25) is 0 Å². The molecule has 5 nitrogen and oxygen atoms in total. The first-order valence-electron chi connectivity index (χ1n) is 4.18. The Balaban J connectivity index is 3.72. The average Bonchev–Trinajstić information content (AvgIpc) is 2.10. The summed E-state index contributed by atoms with van der Waals surface area (Å²) in [6, 6.07) is 0. The molecule has 0 aliphatic carbocycles. The molecule has 0 aliphatic heterocycles. The average molecular weight is 318 g/mol. The highest BCUT2D eigenvalue weighted by Crippen LogP contribution is 2.10. The van der Waals surface area contributed by atoms with Crippen molar-refractivity contribution in [2.24, 2.45) is 0 Å². The number of rotatable bonds is 7. The van der Waals surface area contributed by atoms with Gasteiger partial charge < -0.3 is 19.3 Å². The van der Waals surface area contributed by atoms with Crippen molar-refractivity contribution in [1.82, 2.24) is 0 Å². The van der Waals surface area contributed by atoms with Gasteiger partial charge in [-0.15, -0.1) is 0 Å². The predicted octanol–water partition coefficient (Wildman–Crippen LogP) is 1.54. The van der Waals surface area contributed by atoms with Crippen molar-refractivity contribution in [3.8, 4) is 0 Å². The fourth-order valence-electron chi connectivity index (χ4n) is 0.750. The molecule has 0 fully saturated rings. The van der Waals surface area contributed by atoms with E-state index in [9.17, 15) is 4.79 Å². The highest BCUT2D eigenvalue weighted by atomic mass is 127. The van der Waals surface area contributed by atoms with Crippen LogP contribution in [0.2, 0.25) is 0 Å². The van der Waals surface area contributed by atoms with Gasteiger partial charge in [-0.2, -0.15) is 0 Å². The summed E-state index contributed by atoms with van der Waals surface area (Å²) in [7, 11) is 1.58. The SMILES string of the molecule is COCCOC(COC(=O)O)C(C)I. The lowest BCUT2D eigenvalue weighted by Gasteiger charge is -2.19. The van der Waals surface area contributed by atoms with E-state index in [-0.39, 0.29) is 16.6 Å². The molecule has 0 rings (SSSR count). The molecule has 0 amide bonds. The Morgan fingerprint density at radius 2 is 2.14 bits per heavy atom. The second-order valence-corrected chi connectivity index (χ2v) is 4.62. The van der Waals surface area contributed by atoms with E-state index in [2.05, 4.69) is 27.3 Å². The quantitative estimate of drug-likeness (QED) is 0.334. The highest BCUT2D eigenvalue weighted by molar-refractivity contribution is 14.1. The zero-order valence-corrected chi connectivity index (χ0v) is 10.4. The van der Waals surface area contributed by atoms with Crippen LogP contribution in [0, 0.1) is 0 Å². The standard InChI is InChI=1S/C8H15IO5/c1-6(9)7(5-14-8(10)11)13-4-3-12-2/h6-7H,3-5H2,1-2H3,(H,10,11). The summed E-state index contributed by atoms with van der Waals surface area (Å²) in [6.45, 7) is 2.93. The van der Waals surface area contributed by atoms with Crippen LogP contribution >= 0.6 is 22.6 Å². The highest BCUT2D eigenvalue weighted by Gasteiger charge is 2.17. The summed E-state index contributed by atoms with van der Waals surface area (Å²) in [5.41, 5.74) is 0. The van der Waals surface area contributed by atoms with Gasteiger partial charge in [0.1, 0.15) is 12.7 Å². The molecule has 0 aromatic rings. The fourth-order valence-corrected chi connectivity index (χ4v) is 1.16. The van der Waals surface area contributed by atoms with Gasteiger partial charge in [0.05, 0.1) is 13.2 Å². The maximum absolute atomic E-state index is 10.2. The second-order valence-electron chi connectivity index (χ2n) is 2.66. The van der Waals surface area contributed by atoms with E-state index in [1.165, 1.54) is 0 Å². The number of carboxylic acid groups (broad SMARTS) is 1. The van der Waals surface area contributed by atoms with E-state index in [4.69, 9.17) is 14.6 Å². The molecule has 2 atom stereocenters. The zero-order valence-electron chi connectivity index (χ0n) is 8.23. The van der Waals surface area contributed by atoms with Crippen molar-refractivity contribution >= 4 is 28.7 Å². The molecule has 0 bridgehead atoms. The Morgan fingerprint density at radius 1 is 1.50 bits per heavy atom. The van der Waals surface area contributed by atoms with Gasteiger partial charge in [-0.25, -0.2) is 4.79 Å². The first-order chi connectivity index (χ1) is 6.57. The number of carbonyl (C=O) groups is 1. The van der Waals surface area contributed by atoms with Gasteiger partial charge in [0.15, 0.2) is 0 Å².